The highest BCUT2D eigenvalue weighted by Crippen LogP contribution is 2.35. The number of esters is 1. The summed E-state index contributed by atoms with van der Waals surface area (Å²) in [6, 6.07) is 28.6. The molecule has 1 heterocycles. The number of halogens is 1. The Bertz CT molecular complexity index is 1650. The lowest BCUT2D eigenvalue weighted by molar-refractivity contribution is -0.134. The molecule has 1 aliphatic rings. The van der Waals surface area contributed by atoms with Gasteiger partial charge in [-0.15, -0.1) is 0 Å². The van der Waals surface area contributed by atoms with E-state index in [0.29, 0.717) is 40.8 Å². The fraction of sp³-hybridized carbons (Fsp3) is 0.250. The molecule has 0 unspecified atom stereocenters. The Kier molecular flexibility index (Phi) is 9.74. The largest absolute Gasteiger partial charge is 0.457 e. The lowest BCUT2D eigenvalue weighted by Crippen LogP contribution is -2.49. The van der Waals surface area contributed by atoms with E-state index < -0.39 is 29.6 Å². The van der Waals surface area contributed by atoms with Gasteiger partial charge < -0.3 is 19.5 Å². The molecule has 45 heavy (non-hydrogen) atoms. The van der Waals surface area contributed by atoms with Crippen LogP contribution in [0.3, 0.4) is 0 Å². The number of nitrogens with one attached hydrogen (secondary N) is 1. The maximum absolute atomic E-state index is 13.7. The molecule has 4 aromatic rings. The summed E-state index contributed by atoms with van der Waals surface area (Å²) in [4.78, 5) is 41.0. The van der Waals surface area contributed by atoms with Crippen LogP contribution in [0.25, 0.3) is 11.1 Å². The van der Waals surface area contributed by atoms with E-state index in [2.05, 4.69) is 5.32 Å². The van der Waals surface area contributed by atoms with Gasteiger partial charge in [0, 0.05) is 18.1 Å². The molecule has 0 aliphatic carbocycles. The summed E-state index contributed by atoms with van der Waals surface area (Å²) in [5, 5.41) is 3.40. The van der Waals surface area contributed by atoms with E-state index in [4.69, 9.17) is 25.8 Å². The summed E-state index contributed by atoms with van der Waals surface area (Å²) in [5.74, 6) is 0.562. The molecule has 8 nitrogen and oxygen atoms in total. The minimum atomic E-state index is -0.987. The van der Waals surface area contributed by atoms with Crippen LogP contribution in [0, 0.1) is 0 Å². The number of hydrogen-bond donors (Lipinski definition) is 1. The molecular weight excluding hydrogens is 592 g/mol. The van der Waals surface area contributed by atoms with Gasteiger partial charge >= 0.3 is 12.1 Å². The van der Waals surface area contributed by atoms with Crippen molar-refractivity contribution in [1.29, 1.82) is 0 Å². The van der Waals surface area contributed by atoms with Crippen LogP contribution in [-0.2, 0) is 20.7 Å². The van der Waals surface area contributed by atoms with Gasteiger partial charge in [-0.25, -0.2) is 4.79 Å². The van der Waals surface area contributed by atoms with Crippen molar-refractivity contribution in [1.82, 2.24) is 10.2 Å². The van der Waals surface area contributed by atoms with Crippen molar-refractivity contribution < 1.29 is 28.6 Å². The maximum Gasteiger partial charge on any atom is 0.411 e. The lowest BCUT2D eigenvalue weighted by atomic mass is 9.92. The van der Waals surface area contributed by atoms with Crippen LogP contribution in [0.5, 0.6) is 17.2 Å². The van der Waals surface area contributed by atoms with Crippen molar-refractivity contribution in [2.45, 2.75) is 45.3 Å². The van der Waals surface area contributed by atoms with Gasteiger partial charge in [-0.3, -0.25) is 14.5 Å². The van der Waals surface area contributed by atoms with Gasteiger partial charge in [0.1, 0.15) is 28.9 Å². The Hall–Kier alpha value is -4.82. The molecule has 0 spiro atoms. The first-order valence-electron chi connectivity index (χ1n) is 14.8. The van der Waals surface area contributed by atoms with Gasteiger partial charge in [-0.05, 0) is 98.0 Å². The molecule has 4 aromatic carbocycles. The van der Waals surface area contributed by atoms with E-state index in [1.807, 2.05) is 54.6 Å². The Morgan fingerprint density at radius 3 is 2.18 bits per heavy atom. The van der Waals surface area contributed by atoms with Crippen LogP contribution >= 0.6 is 11.6 Å². The van der Waals surface area contributed by atoms with E-state index in [1.54, 1.807) is 63.2 Å². The quantitative estimate of drug-likeness (QED) is 0.159. The smallest absolute Gasteiger partial charge is 0.411 e. The number of nitrogens with zero attached hydrogens (tertiary/aromatic N) is 1. The Morgan fingerprint density at radius 2 is 1.49 bits per heavy atom. The van der Waals surface area contributed by atoms with E-state index in [0.717, 1.165) is 16.7 Å². The molecule has 5 rings (SSSR count). The Labute approximate surface area is 267 Å². The fourth-order valence-electron chi connectivity index (χ4n) is 5.01. The highest BCUT2D eigenvalue weighted by Gasteiger charge is 2.38. The van der Waals surface area contributed by atoms with E-state index in [1.165, 1.54) is 4.90 Å². The van der Waals surface area contributed by atoms with Crippen molar-refractivity contribution in [2.24, 2.45) is 0 Å². The van der Waals surface area contributed by atoms with Crippen LogP contribution in [0.4, 0.5) is 4.79 Å². The second-order valence-electron chi connectivity index (χ2n) is 11.6. The predicted molar refractivity (Wildman–Crippen MR) is 172 cm³/mol. The van der Waals surface area contributed by atoms with Gasteiger partial charge in [-0.1, -0.05) is 60.1 Å². The Morgan fingerprint density at radius 1 is 0.844 bits per heavy atom. The van der Waals surface area contributed by atoms with Gasteiger partial charge in [0.25, 0.3) is 0 Å². The summed E-state index contributed by atoms with van der Waals surface area (Å²) in [6.07, 6.45) is -0.122. The number of carbonyl (C=O) groups is 3. The maximum atomic E-state index is 13.7. The van der Waals surface area contributed by atoms with Crippen LogP contribution in [0.15, 0.2) is 97.1 Å². The summed E-state index contributed by atoms with van der Waals surface area (Å²) in [5.41, 5.74) is 2.85. The molecule has 0 fully saturated rings. The predicted octanol–water partition coefficient (Wildman–Crippen LogP) is 7.75. The molecule has 1 atom stereocenters. The van der Waals surface area contributed by atoms with Crippen LogP contribution in [0.1, 0.15) is 44.4 Å². The average molecular weight is 627 g/mol. The summed E-state index contributed by atoms with van der Waals surface area (Å²) < 4.78 is 17.1. The topological polar surface area (TPSA) is 94.2 Å². The summed E-state index contributed by atoms with van der Waals surface area (Å²) in [6.45, 7) is 5.64. The molecular formula is C36H35ClN2O6. The van der Waals surface area contributed by atoms with Gasteiger partial charge in [-0.2, -0.15) is 0 Å². The van der Waals surface area contributed by atoms with Crippen molar-refractivity contribution in [2.75, 3.05) is 13.1 Å². The number of fused-ring (bicyclic) bond motifs is 1. The first-order chi connectivity index (χ1) is 21.6. The molecule has 0 bridgehead atoms. The Balaban J connectivity index is 1.27. The van der Waals surface area contributed by atoms with Crippen LogP contribution < -0.4 is 14.8 Å². The zero-order valence-electron chi connectivity index (χ0n) is 25.4. The SMILES string of the molecule is CC(C)(C)OC(=O)N1CCc2ccc(Oc3ccc(Cl)cc3)cc2[C@H]1C(=O)NCCC(=O)Oc1ccc(-c2ccccc2)cc1. The second-order valence-corrected chi connectivity index (χ2v) is 12.1. The first kappa shape index (κ1) is 31.6. The van der Waals surface area contributed by atoms with Crippen LogP contribution in [0.2, 0.25) is 5.02 Å². The zero-order chi connectivity index (χ0) is 32.0. The third-order valence-electron chi connectivity index (χ3n) is 7.09. The molecule has 232 valence electrons. The van der Waals surface area contributed by atoms with E-state index in [-0.39, 0.29) is 13.0 Å². The number of rotatable bonds is 8. The molecule has 9 heteroatoms. The van der Waals surface area contributed by atoms with Crippen molar-refractivity contribution >= 4 is 29.6 Å². The number of amides is 2. The van der Waals surface area contributed by atoms with Crippen molar-refractivity contribution in [3.63, 3.8) is 0 Å². The van der Waals surface area contributed by atoms with Crippen LogP contribution in [-0.4, -0.2) is 41.6 Å². The number of hydrogen-bond acceptors (Lipinski definition) is 6. The van der Waals surface area contributed by atoms with E-state index in [9.17, 15) is 14.4 Å². The third-order valence-corrected chi connectivity index (χ3v) is 7.34. The molecule has 0 aromatic heterocycles. The lowest BCUT2D eigenvalue weighted by Gasteiger charge is -2.37. The molecule has 0 radical (unpaired) electrons. The van der Waals surface area contributed by atoms with Crippen molar-refractivity contribution in [3.05, 3.63) is 113 Å². The molecule has 1 aliphatic heterocycles. The molecule has 0 saturated carbocycles. The summed E-state index contributed by atoms with van der Waals surface area (Å²) >= 11 is 6.01. The monoisotopic (exact) mass is 626 g/mol. The molecule has 0 saturated heterocycles. The van der Waals surface area contributed by atoms with E-state index >= 15 is 0 Å². The fourth-order valence-corrected chi connectivity index (χ4v) is 5.13. The second kappa shape index (κ2) is 13.9. The van der Waals surface area contributed by atoms with Gasteiger partial charge in [0.15, 0.2) is 0 Å². The number of ether oxygens (including phenoxy) is 3. The van der Waals surface area contributed by atoms with Gasteiger partial charge in [0.05, 0.1) is 6.42 Å². The molecule has 2 amide bonds. The van der Waals surface area contributed by atoms with Crippen molar-refractivity contribution in [3.8, 4) is 28.4 Å². The highest BCUT2D eigenvalue weighted by molar-refractivity contribution is 6.30. The standard InChI is InChI=1S/C36H35ClN2O6/c1-36(2,3)45-35(42)39-22-20-26-11-16-30(43-28-17-12-27(37)13-18-28)23-31(26)33(39)34(41)38-21-19-32(40)44-29-14-9-25(10-15-29)24-7-5-4-6-8-24/h4-18,23,33H,19-22H2,1-3H3,(H,38,41)/t33-/m0/s1. The number of benzene rings is 4. The normalized spacial score (nSPS) is 14.2. The molecule has 1 N–H and O–H groups in total. The zero-order valence-corrected chi connectivity index (χ0v) is 26.2. The summed E-state index contributed by atoms with van der Waals surface area (Å²) in [7, 11) is 0. The average Bonchev–Trinajstić information content (AvgIpc) is 3.01. The minimum absolute atomic E-state index is 0.0225. The van der Waals surface area contributed by atoms with Gasteiger partial charge in [0.2, 0.25) is 5.91 Å². The third kappa shape index (κ3) is 8.42. The first-order valence-corrected chi connectivity index (χ1v) is 15.1. The highest BCUT2D eigenvalue weighted by atomic mass is 35.5. The number of carbonyl (C=O) groups excluding carboxylic acids is 3. The minimum Gasteiger partial charge on any atom is -0.457 e.